The first kappa shape index (κ1) is 30.9. The van der Waals surface area contributed by atoms with E-state index in [9.17, 15) is 0 Å². The van der Waals surface area contributed by atoms with Gasteiger partial charge in [0, 0.05) is 49.8 Å². The molecular weight excluding hydrogens is 685 g/mol. The minimum Gasteiger partial charge on any atom is -0.456 e. The zero-order valence-electron chi connectivity index (χ0n) is 30.1. The summed E-state index contributed by atoms with van der Waals surface area (Å²) in [7, 11) is 0. The second-order valence-corrected chi connectivity index (χ2v) is 14.7. The topological polar surface area (TPSA) is 54.8 Å². The third-order valence-electron chi connectivity index (χ3n) is 11.4. The third-order valence-corrected chi connectivity index (χ3v) is 11.4. The normalized spacial score (nSPS) is 14.6. The lowest BCUT2D eigenvalue weighted by atomic mass is 10.0. The molecule has 2 aromatic heterocycles. The molecule has 1 aliphatic heterocycles. The maximum Gasteiger partial charge on any atom is 0.159 e. The molecule has 1 N–H and O–H groups in total. The number of hydrogen-bond donors (Lipinski definition) is 1. The number of para-hydroxylation sites is 1. The predicted octanol–water partition coefficient (Wildman–Crippen LogP) is 12.6. The molecule has 262 valence electrons. The number of furan rings is 1. The zero-order chi connectivity index (χ0) is 36.7. The van der Waals surface area contributed by atoms with Gasteiger partial charge in [-0.15, -0.1) is 0 Å². The van der Waals surface area contributed by atoms with E-state index in [0.29, 0.717) is 5.84 Å². The molecule has 0 radical (unpaired) electrons. The fourth-order valence-corrected chi connectivity index (χ4v) is 8.65. The summed E-state index contributed by atoms with van der Waals surface area (Å²) in [5.41, 5.74) is 8.05. The quantitative estimate of drug-likeness (QED) is 0.197. The lowest BCUT2D eigenvalue weighted by Gasteiger charge is -2.24. The van der Waals surface area contributed by atoms with Gasteiger partial charge in [0.05, 0.1) is 11.0 Å². The zero-order valence-corrected chi connectivity index (χ0v) is 30.1. The van der Waals surface area contributed by atoms with Crippen LogP contribution in [0.2, 0.25) is 0 Å². The van der Waals surface area contributed by atoms with Crippen molar-refractivity contribution in [2.24, 2.45) is 9.98 Å². The van der Waals surface area contributed by atoms with Crippen molar-refractivity contribution >= 4 is 87.7 Å². The number of hydrogen-bond acceptors (Lipinski definition) is 4. The van der Waals surface area contributed by atoms with E-state index in [-0.39, 0.29) is 6.17 Å². The van der Waals surface area contributed by atoms with Crippen LogP contribution in [0.4, 0.5) is 0 Å². The number of rotatable bonds is 4. The second kappa shape index (κ2) is 12.0. The summed E-state index contributed by atoms with van der Waals surface area (Å²) in [6, 6.07) is 64.6. The largest absolute Gasteiger partial charge is 0.456 e. The molecule has 0 fully saturated rings. The second-order valence-electron chi connectivity index (χ2n) is 14.7. The summed E-state index contributed by atoms with van der Waals surface area (Å²) in [6.45, 7) is 0. The standard InChI is InChI=1S/C51H32N4O/c1-3-12-34-27-36(19-17-31(34)9-1)49-52-50(37-20-18-32-10-2-4-13-35(32)28-37)54-51(53-49)38-22-24-42-43-26-23-39(30-47(43)56-46(42)29-38)55-45-16-8-7-15-41(45)44-25-21-33-11-5-6-14-40(33)48(44)55/h1-30,49H,(H,52,53,54). The lowest BCUT2D eigenvalue weighted by molar-refractivity contribution is 0.667. The van der Waals surface area contributed by atoms with Crippen molar-refractivity contribution in [3.8, 4) is 5.69 Å². The van der Waals surface area contributed by atoms with E-state index >= 15 is 0 Å². The summed E-state index contributed by atoms with van der Waals surface area (Å²) in [5.74, 6) is 1.44. The molecular formula is C51H32N4O. The highest BCUT2D eigenvalue weighted by Gasteiger charge is 2.23. The van der Waals surface area contributed by atoms with E-state index in [1.54, 1.807) is 0 Å². The van der Waals surface area contributed by atoms with Crippen LogP contribution in [0.15, 0.2) is 196 Å². The van der Waals surface area contributed by atoms with Crippen LogP contribution in [0, 0.1) is 0 Å². The van der Waals surface area contributed by atoms with Gasteiger partial charge in [-0.3, -0.25) is 0 Å². The van der Waals surface area contributed by atoms with E-state index in [0.717, 1.165) is 55.5 Å². The lowest BCUT2D eigenvalue weighted by Crippen LogP contribution is -2.33. The van der Waals surface area contributed by atoms with Crippen LogP contribution < -0.4 is 5.32 Å². The van der Waals surface area contributed by atoms with E-state index in [4.69, 9.17) is 14.4 Å². The third kappa shape index (κ3) is 4.81. The van der Waals surface area contributed by atoms with Gasteiger partial charge in [0.15, 0.2) is 5.84 Å². The van der Waals surface area contributed by atoms with Gasteiger partial charge < -0.3 is 14.3 Å². The summed E-state index contributed by atoms with van der Waals surface area (Å²) in [5, 5.41) is 15.4. The molecule has 1 aliphatic rings. The highest BCUT2D eigenvalue weighted by molar-refractivity contribution is 6.19. The van der Waals surface area contributed by atoms with Gasteiger partial charge in [-0.1, -0.05) is 133 Å². The van der Waals surface area contributed by atoms with Crippen molar-refractivity contribution in [3.63, 3.8) is 0 Å². The summed E-state index contributed by atoms with van der Waals surface area (Å²) < 4.78 is 9.10. The number of aromatic nitrogens is 1. The fourth-order valence-electron chi connectivity index (χ4n) is 8.65. The Kier molecular flexibility index (Phi) is 6.63. The van der Waals surface area contributed by atoms with Gasteiger partial charge in [-0.25, -0.2) is 9.98 Å². The van der Waals surface area contributed by atoms with Crippen molar-refractivity contribution in [2.45, 2.75) is 6.17 Å². The summed E-state index contributed by atoms with van der Waals surface area (Å²) in [6.07, 6.45) is -0.329. The van der Waals surface area contributed by atoms with Gasteiger partial charge in [-0.05, 0) is 75.0 Å². The van der Waals surface area contributed by atoms with Crippen molar-refractivity contribution in [3.05, 3.63) is 199 Å². The number of aliphatic imine (C=N–C) groups is 2. The molecule has 1 atom stereocenters. The summed E-state index contributed by atoms with van der Waals surface area (Å²) in [4.78, 5) is 10.4. The average molecular weight is 717 g/mol. The highest BCUT2D eigenvalue weighted by Crippen LogP contribution is 2.39. The van der Waals surface area contributed by atoms with E-state index < -0.39 is 0 Å². The van der Waals surface area contributed by atoms with Crippen molar-refractivity contribution < 1.29 is 4.42 Å². The number of benzene rings is 9. The van der Waals surface area contributed by atoms with Crippen LogP contribution in [-0.2, 0) is 0 Å². The van der Waals surface area contributed by atoms with Gasteiger partial charge in [0.1, 0.15) is 23.2 Å². The molecule has 0 amide bonds. The predicted molar refractivity (Wildman–Crippen MR) is 232 cm³/mol. The monoisotopic (exact) mass is 716 g/mol. The molecule has 0 bridgehead atoms. The molecule has 9 aromatic carbocycles. The molecule has 11 aromatic rings. The molecule has 5 heteroatoms. The van der Waals surface area contributed by atoms with Crippen molar-refractivity contribution in [2.75, 3.05) is 0 Å². The highest BCUT2D eigenvalue weighted by atomic mass is 16.3. The Bertz CT molecular complexity index is 3480. The van der Waals surface area contributed by atoms with Gasteiger partial charge in [-0.2, -0.15) is 0 Å². The number of amidine groups is 2. The van der Waals surface area contributed by atoms with E-state index in [2.05, 4.69) is 192 Å². The first-order chi connectivity index (χ1) is 27.7. The van der Waals surface area contributed by atoms with E-state index in [1.807, 2.05) is 0 Å². The van der Waals surface area contributed by atoms with Crippen LogP contribution in [-0.4, -0.2) is 16.2 Å². The Balaban J connectivity index is 0.999. The minimum atomic E-state index is -0.329. The number of nitrogens with one attached hydrogen (secondary N) is 1. The Labute approximate surface area is 321 Å². The smallest absolute Gasteiger partial charge is 0.159 e. The Hall–Kier alpha value is -7.50. The van der Waals surface area contributed by atoms with Crippen LogP contribution in [0.25, 0.3) is 81.7 Å². The minimum absolute atomic E-state index is 0.329. The Morgan fingerprint density at radius 1 is 0.464 bits per heavy atom. The van der Waals surface area contributed by atoms with Crippen LogP contribution in [0.1, 0.15) is 22.9 Å². The molecule has 0 saturated carbocycles. The molecule has 0 spiro atoms. The van der Waals surface area contributed by atoms with Crippen molar-refractivity contribution in [1.82, 2.24) is 9.88 Å². The fraction of sp³-hybridized carbons (Fsp3) is 0.0196. The van der Waals surface area contributed by atoms with Gasteiger partial charge >= 0.3 is 0 Å². The molecule has 3 heterocycles. The SMILES string of the molecule is c1ccc2cc(C3=NC(c4ccc5c(c4)oc4cc(-n6c7ccccc7c7ccc8ccccc8c76)ccc45)=NC(c4ccc5ccccc5c4)N3)ccc2c1. The molecule has 12 rings (SSSR count). The molecule has 0 saturated heterocycles. The number of nitrogens with zero attached hydrogens (tertiary/aromatic N) is 3. The first-order valence-corrected chi connectivity index (χ1v) is 19.0. The molecule has 0 aliphatic carbocycles. The molecule has 1 unspecified atom stereocenters. The Morgan fingerprint density at radius 2 is 1.09 bits per heavy atom. The maximum atomic E-state index is 6.72. The number of fused-ring (bicyclic) bond motifs is 10. The average Bonchev–Trinajstić information content (AvgIpc) is 3.81. The molecule has 5 nitrogen and oxygen atoms in total. The van der Waals surface area contributed by atoms with Crippen LogP contribution in [0.3, 0.4) is 0 Å². The van der Waals surface area contributed by atoms with Gasteiger partial charge in [0.25, 0.3) is 0 Å². The Morgan fingerprint density at radius 3 is 1.93 bits per heavy atom. The molecule has 56 heavy (non-hydrogen) atoms. The first-order valence-electron chi connectivity index (χ1n) is 19.0. The maximum absolute atomic E-state index is 6.72. The van der Waals surface area contributed by atoms with Crippen LogP contribution >= 0.6 is 0 Å². The summed E-state index contributed by atoms with van der Waals surface area (Å²) >= 11 is 0. The van der Waals surface area contributed by atoms with Crippen molar-refractivity contribution in [1.29, 1.82) is 0 Å². The van der Waals surface area contributed by atoms with Gasteiger partial charge in [0.2, 0.25) is 0 Å². The van der Waals surface area contributed by atoms with E-state index in [1.165, 1.54) is 48.7 Å². The van der Waals surface area contributed by atoms with Crippen LogP contribution in [0.5, 0.6) is 0 Å².